The SMILES string of the molecule is CC[C@@H](Oc1cccc2ccccc12)C(=O)N[C@@H]1CC(C)(C)Oc2ccc(OC)cc21. The molecule has 3 aromatic rings. The minimum atomic E-state index is -0.592. The van der Waals surface area contributed by atoms with E-state index in [1.807, 2.05) is 81.4 Å². The van der Waals surface area contributed by atoms with E-state index in [0.717, 1.165) is 33.6 Å². The Bertz CT molecular complexity index is 1090. The molecule has 3 aromatic carbocycles. The van der Waals surface area contributed by atoms with Crippen molar-refractivity contribution in [2.24, 2.45) is 0 Å². The van der Waals surface area contributed by atoms with Crippen LogP contribution in [0.5, 0.6) is 17.2 Å². The molecule has 0 aliphatic carbocycles. The first-order valence-electron chi connectivity index (χ1n) is 10.7. The van der Waals surface area contributed by atoms with Gasteiger partial charge in [-0.25, -0.2) is 0 Å². The number of amides is 1. The molecular weight excluding hydrogens is 390 g/mol. The summed E-state index contributed by atoms with van der Waals surface area (Å²) in [4.78, 5) is 13.3. The lowest BCUT2D eigenvalue weighted by Crippen LogP contribution is -2.45. The molecule has 5 nitrogen and oxygen atoms in total. The van der Waals surface area contributed by atoms with Gasteiger partial charge in [-0.1, -0.05) is 43.3 Å². The Balaban J connectivity index is 1.57. The second-order valence-electron chi connectivity index (χ2n) is 8.52. The Morgan fingerprint density at radius 2 is 1.94 bits per heavy atom. The first-order valence-corrected chi connectivity index (χ1v) is 10.7. The first-order chi connectivity index (χ1) is 14.9. The van der Waals surface area contributed by atoms with E-state index in [0.29, 0.717) is 12.8 Å². The second-order valence-corrected chi connectivity index (χ2v) is 8.52. The minimum absolute atomic E-state index is 0.132. The molecule has 1 aliphatic heterocycles. The normalized spacial score (nSPS) is 17.9. The van der Waals surface area contributed by atoms with Gasteiger partial charge in [-0.2, -0.15) is 0 Å². The number of carbonyl (C=O) groups is 1. The zero-order valence-electron chi connectivity index (χ0n) is 18.5. The van der Waals surface area contributed by atoms with Crippen LogP contribution in [0.15, 0.2) is 60.7 Å². The topological polar surface area (TPSA) is 56.8 Å². The average Bonchev–Trinajstić information content (AvgIpc) is 2.76. The van der Waals surface area contributed by atoms with E-state index in [-0.39, 0.29) is 11.9 Å². The highest BCUT2D eigenvalue weighted by molar-refractivity contribution is 5.89. The molecule has 0 aromatic heterocycles. The van der Waals surface area contributed by atoms with Crippen molar-refractivity contribution in [3.8, 4) is 17.2 Å². The molecule has 2 atom stereocenters. The van der Waals surface area contributed by atoms with Gasteiger partial charge in [0.1, 0.15) is 22.8 Å². The van der Waals surface area contributed by atoms with Gasteiger partial charge in [-0.3, -0.25) is 4.79 Å². The molecule has 0 spiro atoms. The molecule has 1 amide bonds. The van der Waals surface area contributed by atoms with Crippen LogP contribution in [-0.2, 0) is 4.79 Å². The van der Waals surface area contributed by atoms with Crippen LogP contribution in [0.4, 0.5) is 0 Å². The van der Waals surface area contributed by atoms with E-state index in [1.165, 1.54) is 0 Å². The Hall–Kier alpha value is -3.21. The van der Waals surface area contributed by atoms with Crippen molar-refractivity contribution >= 4 is 16.7 Å². The van der Waals surface area contributed by atoms with Crippen molar-refractivity contribution in [1.82, 2.24) is 5.32 Å². The Kier molecular flexibility index (Phi) is 5.77. The molecule has 1 N–H and O–H groups in total. The molecule has 0 saturated carbocycles. The number of carbonyl (C=O) groups excluding carboxylic acids is 1. The molecule has 4 rings (SSSR count). The molecule has 0 bridgehead atoms. The maximum absolute atomic E-state index is 13.3. The lowest BCUT2D eigenvalue weighted by molar-refractivity contribution is -0.129. The summed E-state index contributed by atoms with van der Waals surface area (Å²) in [6.07, 6.45) is 0.627. The van der Waals surface area contributed by atoms with Crippen LogP contribution >= 0.6 is 0 Å². The van der Waals surface area contributed by atoms with Crippen LogP contribution < -0.4 is 19.5 Å². The van der Waals surface area contributed by atoms with Crippen LogP contribution in [0.2, 0.25) is 0 Å². The van der Waals surface area contributed by atoms with Gasteiger partial charge in [-0.05, 0) is 49.9 Å². The summed E-state index contributed by atoms with van der Waals surface area (Å²) in [6, 6.07) is 19.4. The highest BCUT2D eigenvalue weighted by Crippen LogP contribution is 2.41. The van der Waals surface area contributed by atoms with Gasteiger partial charge in [0, 0.05) is 17.4 Å². The van der Waals surface area contributed by atoms with Gasteiger partial charge in [-0.15, -0.1) is 0 Å². The molecule has 162 valence electrons. The van der Waals surface area contributed by atoms with Crippen LogP contribution in [-0.4, -0.2) is 24.7 Å². The van der Waals surface area contributed by atoms with Gasteiger partial charge in [0.2, 0.25) is 0 Å². The lowest BCUT2D eigenvalue weighted by Gasteiger charge is -2.38. The molecule has 0 fully saturated rings. The number of nitrogens with one attached hydrogen (secondary N) is 1. The van der Waals surface area contributed by atoms with Crippen molar-refractivity contribution in [3.63, 3.8) is 0 Å². The summed E-state index contributed by atoms with van der Waals surface area (Å²) < 4.78 is 17.7. The van der Waals surface area contributed by atoms with Crippen LogP contribution in [0.1, 0.15) is 45.2 Å². The summed E-state index contributed by atoms with van der Waals surface area (Å²) in [5.41, 5.74) is 0.532. The third kappa shape index (κ3) is 4.46. The van der Waals surface area contributed by atoms with E-state index in [1.54, 1.807) is 7.11 Å². The third-order valence-corrected chi connectivity index (χ3v) is 5.67. The standard InChI is InChI=1S/C26H29NO4/c1-5-22(30-23-12-8-10-17-9-6-7-11-19(17)23)25(28)27-21-16-26(2,3)31-24-14-13-18(29-4)15-20(21)24/h6-15,21-22H,5,16H2,1-4H3,(H,27,28)/t21-,22-/m1/s1. The van der Waals surface area contributed by atoms with Crippen LogP contribution in [0, 0.1) is 0 Å². The number of hydrogen-bond donors (Lipinski definition) is 1. The second kappa shape index (κ2) is 8.50. The van der Waals surface area contributed by atoms with Gasteiger partial charge >= 0.3 is 0 Å². The fourth-order valence-electron chi connectivity index (χ4n) is 4.13. The monoisotopic (exact) mass is 419 g/mol. The Morgan fingerprint density at radius 1 is 1.16 bits per heavy atom. The number of rotatable bonds is 6. The van der Waals surface area contributed by atoms with Gasteiger partial charge < -0.3 is 19.5 Å². The van der Waals surface area contributed by atoms with Crippen molar-refractivity contribution in [2.45, 2.75) is 51.4 Å². The quantitative estimate of drug-likeness (QED) is 0.579. The van der Waals surface area contributed by atoms with E-state index in [4.69, 9.17) is 14.2 Å². The van der Waals surface area contributed by atoms with Crippen molar-refractivity contribution in [2.75, 3.05) is 7.11 Å². The number of benzene rings is 3. The fraction of sp³-hybridized carbons (Fsp3) is 0.346. The molecule has 0 saturated heterocycles. The molecule has 31 heavy (non-hydrogen) atoms. The smallest absolute Gasteiger partial charge is 0.261 e. The van der Waals surface area contributed by atoms with Gasteiger partial charge in [0.15, 0.2) is 6.10 Å². The van der Waals surface area contributed by atoms with Crippen LogP contribution in [0.25, 0.3) is 10.8 Å². The average molecular weight is 420 g/mol. The highest BCUT2D eigenvalue weighted by atomic mass is 16.5. The van der Waals surface area contributed by atoms with E-state index in [9.17, 15) is 4.79 Å². The summed E-state index contributed by atoms with van der Waals surface area (Å²) in [6.45, 7) is 6.02. The lowest BCUT2D eigenvalue weighted by atomic mass is 9.89. The van der Waals surface area contributed by atoms with Gasteiger partial charge in [0.05, 0.1) is 13.2 Å². The van der Waals surface area contributed by atoms with Crippen molar-refractivity contribution in [3.05, 3.63) is 66.2 Å². The highest BCUT2D eigenvalue weighted by Gasteiger charge is 2.36. The summed E-state index contributed by atoms with van der Waals surface area (Å²) in [5.74, 6) is 2.09. The summed E-state index contributed by atoms with van der Waals surface area (Å²) >= 11 is 0. The maximum Gasteiger partial charge on any atom is 0.261 e. The first kappa shape index (κ1) is 21.0. The van der Waals surface area contributed by atoms with E-state index in [2.05, 4.69) is 5.32 Å². The number of hydrogen-bond acceptors (Lipinski definition) is 4. The Labute approximate surface area is 183 Å². The zero-order valence-corrected chi connectivity index (χ0v) is 18.5. The number of ether oxygens (including phenoxy) is 3. The number of methoxy groups -OCH3 is 1. The summed E-state index contributed by atoms with van der Waals surface area (Å²) in [5, 5.41) is 5.29. The molecule has 5 heteroatoms. The number of fused-ring (bicyclic) bond motifs is 2. The largest absolute Gasteiger partial charge is 0.497 e. The molecule has 1 aliphatic rings. The third-order valence-electron chi connectivity index (χ3n) is 5.67. The Morgan fingerprint density at radius 3 is 2.71 bits per heavy atom. The minimum Gasteiger partial charge on any atom is -0.497 e. The molecular formula is C26H29NO4. The van der Waals surface area contributed by atoms with Crippen molar-refractivity contribution < 1.29 is 19.0 Å². The maximum atomic E-state index is 13.3. The molecule has 0 radical (unpaired) electrons. The molecule has 0 unspecified atom stereocenters. The summed E-state index contributed by atoms with van der Waals surface area (Å²) in [7, 11) is 1.63. The molecule has 1 heterocycles. The fourth-order valence-corrected chi connectivity index (χ4v) is 4.13. The predicted molar refractivity (Wildman–Crippen MR) is 122 cm³/mol. The van der Waals surface area contributed by atoms with Gasteiger partial charge in [0.25, 0.3) is 5.91 Å². The van der Waals surface area contributed by atoms with E-state index >= 15 is 0 Å². The van der Waals surface area contributed by atoms with E-state index < -0.39 is 11.7 Å². The van der Waals surface area contributed by atoms with Crippen molar-refractivity contribution in [1.29, 1.82) is 0 Å². The zero-order chi connectivity index (χ0) is 22.0. The van der Waals surface area contributed by atoms with Crippen LogP contribution in [0.3, 0.4) is 0 Å². The predicted octanol–water partition coefficient (Wildman–Crippen LogP) is 5.42.